The van der Waals surface area contributed by atoms with E-state index in [2.05, 4.69) is 9.97 Å². The van der Waals surface area contributed by atoms with Crippen LogP contribution in [0.2, 0.25) is 0 Å². The maximum atomic E-state index is 10.5. The molecule has 0 bridgehead atoms. The number of aryl methyl sites for hydroxylation is 1. The van der Waals surface area contributed by atoms with Crippen LogP contribution in [0, 0.1) is 0 Å². The maximum absolute atomic E-state index is 10.5. The van der Waals surface area contributed by atoms with Gasteiger partial charge in [0.25, 0.3) is 0 Å². The predicted molar refractivity (Wildman–Crippen MR) is 69.4 cm³/mol. The number of carboxylic acid groups (broad SMARTS) is 1. The fourth-order valence-corrected chi connectivity index (χ4v) is 1.72. The first-order chi connectivity index (χ1) is 9.16. The quantitative estimate of drug-likeness (QED) is 0.849. The van der Waals surface area contributed by atoms with E-state index in [9.17, 15) is 9.90 Å². The van der Waals surface area contributed by atoms with Crippen LogP contribution in [-0.2, 0) is 11.2 Å². The largest absolute Gasteiger partial charge is 0.479 e. The topological polar surface area (TPSA) is 83.3 Å². The first kappa shape index (κ1) is 13.2. The number of benzene rings is 1. The molecule has 1 aromatic carbocycles. The first-order valence-electron chi connectivity index (χ1n) is 5.93. The minimum atomic E-state index is -1.31. The van der Waals surface area contributed by atoms with Crippen molar-refractivity contribution in [3.63, 3.8) is 0 Å². The Labute approximate surface area is 110 Å². The van der Waals surface area contributed by atoms with E-state index in [1.165, 1.54) is 0 Å². The highest BCUT2D eigenvalue weighted by Gasteiger charge is 2.12. The van der Waals surface area contributed by atoms with Gasteiger partial charge in [-0.3, -0.25) is 9.97 Å². The van der Waals surface area contributed by atoms with Gasteiger partial charge in [0.05, 0.1) is 11.9 Å². The average molecular weight is 258 g/mol. The number of aliphatic hydroxyl groups excluding tert-OH is 1. The second kappa shape index (κ2) is 6.06. The molecule has 0 saturated heterocycles. The third-order valence-corrected chi connectivity index (χ3v) is 2.80. The van der Waals surface area contributed by atoms with Crippen molar-refractivity contribution in [2.45, 2.75) is 18.9 Å². The molecule has 0 spiro atoms. The van der Waals surface area contributed by atoms with Crippen molar-refractivity contribution in [2.75, 3.05) is 0 Å². The Morgan fingerprint density at radius 3 is 2.53 bits per heavy atom. The standard InChI is InChI=1S/C14H14N2O3/c17-13(14(18)19)6-3-10-1-4-11(5-2-10)12-9-15-7-8-16-12/h1-2,4-5,7-9,13,17H,3,6H2,(H,18,19). The fraction of sp³-hybridized carbons (Fsp3) is 0.214. The molecule has 1 aromatic heterocycles. The van der Waals surface area contributed by atoms with E-state index in [-0.39, 0.29) is 6.42 Å². The summed E-state index contributed by atoms with van der Waals surface area (Å²) in [5, 5.41) is 17.8. The monoisotopic (exact) mass is 258 g/mol. The molecule has 0 aliphatic carbocycles. The minimum Gasteiger partial charge on any atom is -0.479 e. The number of hydrogen-bond donors (Lipinski definition) is 2. The van der Waals surface area contributed by atoms with Gasteiger partial charge in [-0.1, -0.05) is 24.3 Å². The number of aromatic nitrogens is 2. The predicted octanol–water partition coefficient (Wildman–Crippen LogP) is 1.52. The van der Waals surface area contributed by atoms with E-state index < -0.39 is 12.1 Å². The Morgan fingerprint density at radius 1 is 1.21 bits per heavy atom. The number of aliphatic hydroxyl groups is 1. The second-order valence-corrected chi connectivity index (χ2v) is 4.18. The van der Waals surface area contributed by atoms with Crippen LogP contribution in [-0.4, -0.2) is 32.3 Å². The molecule has 0 amide bonds. The van der Waals surface area contributed by atoms with Crippen molar-refractivity contribution in [1.82, 2.24) is 9.97 Å². The summed E-state index contributed by atoms with van der Waals surface area (Å²) < 4.78 is 0. The number of rotatable bonds is 5. The molecule has 2 rings (SSSR count). The highest BCUT2D eigenvalue weighted by molar-refractivity contribution is 5.71. The van der Waals surface area contributed by atoms with Crippen molar-refractivity contribution in [2.24, 2.45) is 0 Å². The molecule has 0 fully saturated rings. The summed E-state index contributed by atoms with van der Waals surface area (Å²) in [6.45, 7) is 0. The first-order valence-corrected chi connectivity index (χ1v) is 5.93. The van der Waals surface area contributed by atoms with Gasteiger partial charge >= 0.3 is 5.97 Å². The molecule has 98 valence electrons. The number of hydrogen-bond acceptors (Lipinski definition) is 4. The third-order valence-electron chi connectivity index (χ3n) is 2.80. The lowest BCUT2D eigenvalue weighted by atomic mass is 10.0. The van der Waals surface area contributed by atoms with Gasteiger partial charge in [0.2, 0.25) is 0 Å². The molecule has 0 radical (unpaired) electrons. The minimum absolute atomic E-state index is 0.208. The maximum Gasteiger partial charge on any atom is 0.332 e. The molecule has 2 aromatic rings. The van der Waals surface area contributed by atoms with Crippen LogP contribution >= 0.6 is 0 Å². The summed E-state index contributed by atoms with van der Waals surface area (Å²) >= 11 is 0. The lowest BCUT2D eigenvalue weighted by molar-refractivity contribution is -0.146. The zero-order valence-electron chi connectivity index (χ0n) is 10.2. The lowest BCUT2D eigenvalue weighted by Gasteiger charge is -2.06. The Morgan fingerprint density at radius 2 is 1.95 bits per heavy atom. The van der Waals surface area contributed by atoms with Gasteiger partial charge in [0.1, 0.15) is 0 Å². The summed E-state index contributed by atoms with van der Waals surface area (Å²) in [6, 6.07) is 7.62. The van der Waals surface area contributed by atoms with Crippen LogP contribution in [0.1, 0.15) is 12.0 Å². The fourth-order valence-electron chi connectivity index (χ4n) is 1.72. The molecular formula is C14H14N2O3. The molecule has 0 saturated carbocycles. The summed E-state index contributed by atoms with van der Waals surface area (Å²) in [7, 11) is 0. The zero-order valence-corrected chi connectivity index (χ0v) is 10.2. The molecule has 2 N–H and O–H groups in total. The van der Waals surface area contributed by atoms with E-state index in [4.69, 9.17) is 5.11 Å². The third kappa shape index (κ3) is 3.59. The van der Waals surface area contributed by atoms with Gasteiger partial charge < -0.3 is 10.2 Å². The van der Waals surface area contributed by atoms with Crippen LogP contribution in [0.4, 0.5) is 0 Å². The highest BCUT2D eigenvalue weighted by atomic mass is 16.4. The summed E-state index contributed by atoms with van der Waals surface area (Å²) in [4.78, 5) is 18.7. The molecule has 19 heavy (non-hydrogen) atoms. The van der Waals surface area contributed by atoms with Crippen molar-refractivity contribution < 1.29 is 15.0 Å². The molecule has 1 unspecified atom stereocenters. The van der Waals surface area contributed by atoms with E-state index in [0.717, 1.165) is 16.8 Å². The summed E-state index contributed by atoms with van der Waals surface area (Å²) in [6.07, 6.45) is 4.36. The van der Waals surface area contributed by atoms with Crippen LogP contribution in [0.25, 0.3) is 11.3 Å². The summed E-state index contributed by atoms with van der Waals surface area (Å²) in [5.74, 6) is -1.18. The Hall–Kier alpha value is -2.27. The molecule has 0 aliphatic rings. The Bertz CT molecular complexity index is 540. The number of aliphatic carboxylic acids is 1. The van der Waals surface area contributed by atoms with E-state index in [1.54, 1.807) is 18.6 Å². The summed E-state index contributed by atoms with van der Waals surface area (Å²) in [5.41, 5.74) is 2.73. The number of carboxylic acids is 1. The molecule has 5 heteroatoms. The van der Waals surface area contributed by atoms with Crippen molar-refractivity contribution in [3.8, 4) is 11.3 Å². The number of carbonyl (C=O) groups is 1. The average Bonchev–Trinajstić information content (AvgIpc) is 2.46. The van der Waals surface area contributed by atoms with Crippen molar-refractivity contribution in [1.29, 1.82) is 0 Å². The molecular weight excluding hydrogens is 244 g/mol. The van der Waals surface area contributed by atoms with Gasteiger partial charge in [-0.05, 0) is 18.4 Å². The van der Waals surface area contributed by atoms with Crippen molar-refractivity contribution in [3.05, 3.63) is 48.4 Å². The normalized spacial score (nSPS) is 12.1. The van der Waals surface area contributed by atoms with Gasteiger partial charge in [-0.2, -0.15) is 0 Å². The van der Waals surface area contributed by atoms with Crippen LogP contribution in [0.15, 0.2) is 42.9 Å². The Kier molecular flexibility index (Phi) is 4.20. The molecule has 1 heterocycles. The molecule has 1 atom stereocenters. The Balaban J connectivity index is 2.01. The van der Waals surface area contributed by atoms with Crippen molar-refractivity contribution >= 4 is 5.97 Å². The van der Waals surface area contributed by atoms with Gasteiger partial charge in [0, 0.05) is 18.0 Å². The lowest BCUT2D eigenvalue weighted by Crippen LogP contribution is -2.19. The highest BCUT2D eigenvalue weighted by Crippen LogP contribution is 2.17. The molecule has 5 nitrogen and oxygen atoms in total. The van der Waals surface area contributed by atoms with E-state index in [1.807, 2.05) is 24.3 Å². The smallest absolute Gasteiger partial charge is 0.332 e. The zero-order chi connectivity index (χ0) is 13.7. The van der Waals surface area contributed by atoms with E-state index in [0.29, 0.717) is 6.42 Å². The van der Waals surface area contributed by atoms with Crippen LogP contribution in [0.5, 0.6) is 0 Å². The second-order valence-electron chi connectivity index (χ2n) is 4.18. The SMILES string of the molecule is O=C(O)C(O)CCc1ccc(-c2cnccn2)cc1. The van der Waals surface area contributed by atoms with Gasteiger partial charge in [0.15, 0.2) is 6.10 Å². The molecule has 0 aliphatic heterocycles. The number of nitrogens with zero attached hydrogens (tertiary/aromatic N) is 2. The van der Waals surface area contributed by atoms with Gasteiger partial charge in [-0.25, -0.2) is 4.79 Å². The van der Waals surface area contributed by atoms with Crippen LogP contribution in [0.3, 0.4) is 0 Å². The van der Waals surface area contributed by atoms with E-state index >= 15 is 0 Å². The van der Waals surface area contributed by atoms with Crippen LogP contribution < -0.4 is 0 Å². The van der Waals surface area contributed by atoms with Gasteiger partial charge in [-0.15, -0.1) is 0 Å².